The third kappa shape index (κ3) is 3.67. The van der Waals surface area contributed by atoms with Gasteiger partial charge >= 0.3 is 0 Å². The highest BCUT2D eigenvalue weighted by Gasteiger charge is 2.27. The van der Waals surface area contributed by atoms with Crippen LogP contribution in [0.4, 0.5) is 5.82 Å². The summed E-state index contributed by atoms with van der Waals surface area (Å²) in [6, 6.07) is 2.37. The van der Waals surface area contributed by atoms with Gasteiger partial charge in [-0.25, -0.2) is 9.97 Å². The molecule has 0 radical (unpaired) electrons. The minimum atomic E-state index is 0. The van der Waals surface area contributed by atoms with Gasteiger partial charge in [0.05, 0.1) is 10.3 Å². The predicted molar refractivity (Wildman–Crippen MR) is 108 cm³/mol. The minimum absolute atomic E-state index is 0. The Labute approximate surface area is 163 Å². The summed E-state index contributed by atoms with van der Waals surface area (Å²) in [4.78, 5) is 29.6. The van der Waals surface area contributed by atoms with E-state index in [-0.39, 0.29) is 18.3 Å². The lowest BCUT2D eigenvalue weighted by Crippen LogP contribution is -2.47. The highest BCUT2D eigenvalue weighted by atomic mass is 35.5. The third-order valence-corrected chi connectivity index (χ3v) is 5.77. The van der Waals surface area contributed by atoms with Crippen molar-refractivity contribution in [2.24, 2.45) is 0 Å². The molecule has 0 unspecified atom stereocenters. The number of nitrogens with zero attached hydrogens (tertiary/aromatic N) is 4. The highest BCUT2D eigenvalue weighted by Crippen LogP contribution is 2.30. The second-order valence-electron chi connectivity index (χ2n) is 6.35. The van der Waals surface area contributed by atoms with Gasteiger partial charge in [-0.3, -0.25) is 4.79 Å². The van der Waals surface area contributed by atoms with E-state index >= 15 is 0 Å². The lowest BCUT2D eigenvalue weighted by atomic mass is 10.1. The average Bonchev–Trinajstić information content (AvgIpc) is 3.16. The molecule has 0 bridgehead atoms. The topological polar surface area (TPSA) is 77.2 Å². The van der Waals surface area contributed by atoms with Crippen molar-refractivity contribution in [1.82, 2.24) is 25.2 Å². The number of aromatic amines is 1. The molecule has 7 nitrogen and oxygen atoms in total. The van der Waals surface area contributed by atoms with Crippen molar-refractivity contribution >= 4 is 46.9 Å². The maximum Gasteiger partial charge on any atom is 0.261 e. The molecule has 2 aromatic heterocycles. The first kappa shape index (κ1) is 19.0. The number of fused-ring (bicyclic) bond motifs is 1. The fourth-order valence-corrected chi connectivity index (χ4v) is 4.38. The number of H-pyrrole nitrogens is 1. The largest absolute Gasteiger partial charge is 0.346 e. The maximum absolute atomic E-state index is 12.9. The summed E-state index contributed by atoms with van der Waals surface area (Å²) >= 11 is 1.64. The van der Waals surface area contributed by atoms with Gasteiger partial charge in [0.1, 0.15) is 17.8 Å². The minimum Gasteiger partial charge on any atom is -0.346 e. The third-order valence-electron chi connectivity index (χ3n) is 4.80. The summed E-state index contributed by atoms with van der Waals surface area (Å²) in [5.74, 6) is 1.86. The van der Waals surface area contributed by atoms with E-state index in [2.05, 4.69) is 25.2 Å². The number of carbonyl (C=O) groups is 1. The molecule has 0 saturated carbocycles. The molecular weight excluding hydrogens is 372 g/mol. The number of rotatable bonds is 3. The van der Waals surface area contributed by atoms with Gasteiger partial charge in [0.2, 0.25) is 0 Å². The van der Waals surface area contributed by atoms with Crippen molar-refractivity contribution in [3.05, 3.63) is 29.7 Å². The smallest absolute Gasteiger partial charge is 0.261 e. The van der Waals surface area contributed by atoms with Crippen LogP contribution in [0.15, 0.2) is 29.7 Å². The molecule has 26 heavy (non-hydrogen) atoms. The number of likely N-dealkylation sites (tertiary alicyclic amines) is 1. The summed E-state index contributed by atoms with van der Waals surface area (Å²) in [5.41, 5.74) is 0.817. The second-order valence-corrected chi connectivity index (χ2v) is 7.49. The Morgan fingerprint density at radius 3 is 3.12 bits per heavy atom. The van der Waals surface area contributed by atoms with E-state index in [1.165, 1.54) is 0 Å². The molecule has 4 heterocycles. The molecule has 2 aliphatic heterocycles. The lowest BCUT2D eigenvalue weighted by Gasteiger charge is -2.34. The standard InChI is InChI=1S/C17H22N6OS.ClH/c1-18-12-3-2-6-23(9-12)17(24)14-10-22(7-8-25-14)16-13-4-5-19-15(13)20-11-21-16;/h4-5,10-12,18H,2-3,6-9H2,1H3,(H,19,20,21);1H/t12-;/m0./s1. The van der Waals surface area contributed by atoms with E-state index in [0.717, 1.165) is 60.0 Å². The van der Waals surface area contributed by atoms with E-state index in [9.17, 15) is 4.79 Å². The number of piperidine rings is 1. The van der Waals surface area contributed by atoms with E-state index in [1.54, 1.807) is 18.1 Å². The summed E-state index contributed by atoms with van der Waals surface area (Å²) in [5, 5.41) is 4.27. The van der Waals surface area contributed by atoms with Gasteiger partial charge in [0, 0.05) is 43.8 Å². The number of carbonyl (C=O) groups excluding carboxylic acids is 1. The van der Waals surface area contributed by atoms with Crippen LogP contribution in [-0.2, 0) is 4.79 Å². The van der Waals surface area contributed by atoms with E-state index in [4.69, 9.17) is 0 Å². The lowest BCUT2D eigenvalue weighted by molar-refractivity contribution is -0.127. The molecule has 2 aliphatic rings. The molecule has 140 valence electrons. The van der Waals surface area contributed by atoms with Crippen LogP contribution in [0.1, 0.15) is 12.8 Å². The van der Waals surface area contributed by atoms with Crippen LogP contribution in [0.25, 0.3) is 11.0 Å². The van der Waals surface area contributed by atoms with Crippen molar-refractivity contribution < 1.29 is 4.79 Å². The second kappa shape index (κ2) is 8.28. The number of amides is 1. The zero-order chi connectivity index (χ0) is 17.2. The summed E-state index contributed by atoms with van der Waals surface area (Å²) in [7, 11) is 1.96. The highest BCUT2D eigenvalue weighted by molar-refractivity contribution is 8.04. The number of anilines is 1. The zero-order valence-electron chi connectivity index (χ0n) is 14.6. The van der Waals surface area contributed by atoms with Crippen LogP contribution in [0.2, 0.25) is 0 Å². The molecule has 1 atom stereocenters. The number of hydrogen-bond donors (Lipinski definition) is 2. The molecule has 0 spiro atoms. The molecule has 1 amide bonds. The number of aromatic nitrogens is 3. The molecule has 9 heteroatoms. The molecule has 2 N–H and O–H groups in total. The number of likely N-dealkylation sites (N-methyl/N-ethyl adjacent to an activating group) is 1. The Bertz CT molecular complexity index is 809. The predicted octanol–water partition coefficient (Wildman–Crippen LogP) is 1.98. The summed E-state index contributed by atoms with van der Waals surface area (Å²) < 4.78 is 0. The van der Waals surface area contributed by atoms with Gasteiger partial charge in [-0.15, -0.1) is 24.2 Å². The van der Waals surface area contributed by atoms with Gasteiger partial charge in [-0.2, -0.15) is 0 Å². The van der Waals surface area contributed by atoms with Gasteiger partial charge < -0.3 is 20.1 Å². The summed E-state index contributed by atoms with van der Waals surface area (Å²) in [6.45, 7) is 2.45. The molecule has 0 aromatic carbocycles. The van der Waals surface area contributed by atoms with Gasteiger partial charge in [-0.1, -0.05) is 0 Å². The van der Waals surface area contributed by atoms with Gasteiger partial charge in [0.25, 0.3) is 5.91 Å². The molecule has 1 fully saturated rings. The van der Waals surface area contributed by atoms with Crippen molar-refractivity contribution in [3.8, 4) is 0 Å². The first-order valence-electron chi connectivity index (χ1n) is 8.62. The van der Waals surface area contributed by atoms with Crippen LogP contribution in [-0.4, -0.2) is 64.2 Å². The molecule has 0 aliphatic carbocycles. The quantitative estimate of drug-likeness (QED) is 0.829. The Balaban J connectivity index is 0.00000196. The molecular formula is C17H23ClN6OS. The zero-order valence-corrected chi connectivity index (χ0v) is 16.3. The van der Waals surface area contributed by atoms with Gasteiger partial charge in [0.15, 0.2) is 0 Å². The molecule has 4 rings (SSSR count). The number of thioether (sulfide) groups is 1. The van der Waals surface area contributed by atoms with Crippen LogP contribution >= 0.6 is 24.2 Å². The van der Waals surface area contributed by atoms with Crippen molar-refractivity contribution in [2.45, 2.75) is 18.9 Å². The van der Waals surface area contributed by atoms with E-state index < -0.39 is 0 Å². The fourth-order valence-electron chi connectivity index (χ4n) is 3.42. The normalized spacial score (nSPS) is 20.7. The average molecular weight is 395 g/mol. The monoisotopic (exact) mass is 394 g/mol. The Kier molecular flexibility index (Phi) is 6.05. The van der Waals surface area contributed by atoms with E-state index in [1.807, 2.05) is 30.4 Å². The van der Waals surface area contributed by atoms with Crippen LogP contribution in [0.3, 0.4) is 0 Å². The van der Waals surface area contributed by atoms with E-state index in [0.29, 0.717) is 6.04 Å². The van der Waals surface area contributed by atoms with Crippen LogP contribution < -0.4 is 10.2 Å². The Hall–Kier alpha value is -1.77. The first-order valence-corrected chi connectivity index (χ1v) is 9.60. The van der Waals surface area contributed by atoms with Crippen LogP contribution in [0.5, 0.6) is 0 Å². The van der Waals surface area contributed by atoms with Gasteiger partial charge in [-0.05, 0) is 26.0 Å². The van der Waals surface area contributed by atoms with Crippen molar-refractivity contribution in [2.75, 3.05) is 37.3 Å². The molecule has 1 saturated heterocycles. The van der Waals surface area contributed by atoms with Crippen molar-refractivity contribution in [1.29, 1.82) is 0 Å². The SMILES string of the molecule is CN[C@H]1CCCN(C(=O)C2=CN(c3ncnc4[nH]ccc34)CCS2)C1.Cl. The van der Waals surface area contributed by atoms with Crippen molar-refractivity contribution in [3.63, 3.8) is 0 Å². The first-order chi connectivity index (χ1) is 12.3. The summed E-state index contributed by atoms with van der Waals surface area (Å²) in [6.07, 6.45) is 7.56. The number of nitrogens with one attached hydrogen (secondary N) is 2. The molecule has 2 aromatic rings. The number of hydrogen-bond acceptors (Lipinski definition) is 6. The Morgan fingerprint density at radius 1 is 1.38 bits per heavy atom. The Morgan fingerprint density at radius 2 is 2.27 bits per heavy atom. The van der Waals surface area contributed by atoms with Crippen LogP contribution in [0, 0.1) is 0 Å². The maximum atomic E-state index is 12.9. The fraction of sp³-hybridized carbons (Fsp3) is 0.471. The number of halogens is 1.